The number of phenolic OH excluding ortho intramolecular Hbond substituents is 1. The normalized spacial score (nSPS) is 21.4. The summed E-state index contributed by atoms with van der Waals surface area (Å²) < 4.78 is 11.2. The van der Waals surface area contributed by atoms with Gasteiger partial charge in [-0.1, -0.05) is 12.1 Å². The monoisotopic (exact) mass is 293 g/mol. The Kier molecular flexibility index (Phi) is 3.89. The van der Waals surface area contributed by atoms with Gasteiger partial charge < -0.3 is 14.6 Å². The lowest BCUT2D eigenvalue weighted by atomic mass is 10.1. The minimum Gasteiger partial charge on any atom is -0.508 e. The third-order valence-corrected chi connectivity index (χ3v) is 3.35. The van der Waals surface area contributed by atoms with Crippen LogP contribution in [0.15, 0.2) is 24.3 Å². The Hall–Kier alpha value is -1.75. The van der Waals surface area contributed by atoms with E-state index in [9.17, 15) is 9.90 Å². The van der Waals surface area contributed by atoms with Crippen LogP contribution in [0.2, 0.25) is 0 Å². The number of carbonyl (C=O) groups is 1. The van der Waals surface area contributed by atoms with Crippen molar-refractivity contribution in [2.45, 2.75) is 52.0 Å². The third-order valence-electron chi connectivity index (χ3n) is 3.35. The van der Waals surface area contributed by atoms with E-state index < -0.39 is 17.4 Å². The first kappa shape index (κ1) is 15.6. The fourth-order valence-electron chi connectivity index (χ4n) is 2.40. The zero-order valence-electron chi connectivity index (χ0n) is 13.2. The van der Waals surface area contributed by atoms with Gasteiger partial charge in [-0.25, -0.2) is 4.79 Å². The molecule has 0 radical (unpaired) electrons. The van der Waals surface area contributed by atoms with Crippen LogP contribution in [0.4, 0.5) is 4.79 Å². The second-order valence-corrected chi connectivity index (χ2v) is 6.72. The maximum Gasteiger partial charge on any atom is 0.413 e. The van der Waals surface area contributed by atoms with Gasteiger partial charge in [0.05, 0.1) is 12.6 Å². The summed E-state index contributed by atoms with van der Waals surface area (Å²) in [6, 6.07) is 6.57. The molecule has 1 fully saturated rings. The molecule has 1 heterocycles. The van der Waals surface area contributed by atoms with Crippen molar-refractivity contribution in [2.75, 3.05) is 6.61 Å². The Balaban J connectivity index is 2.28. The number of aromatic hydroxyl groups is 1. The van der Waals surface area contributed by atoms with Crippen LogP contribution in [0.25, 0.3) is 0 Å². The molecular formula is C16H23NO4. The minimum absolute atomic E-state index is 0.195. The number of hydrogen-bond donors (Lipinski definition) is 1. The van der Waals surface area contributed by atoms with Crippen LogP contribution in [0.3, 0.4) is 0 Å². The average Bonchev–Trinajstić information content (AvgIpc) is 2.64. The summed E-state index contributed by atoms with van der Waals surface area (Å²) in [5, 5.41) is 9.39. The zero-order valence-corrected chi connectivity index (χ0v) is 13.2. The summed E-state index contributed by atoms with van der Waals surface area (Å²) in [6.45, 7) is 9.60. The van der Waals surface area contributed by atoms with Gasteiger partial charge in [-0.05, 0) is 52.3 Å². The first-order valence-corrected chi connectivity index (χ1v) is 7.05. The molecule has 1 aliphatic rings. The molecule has 5 heteroatoms. The highest BCUT2D eigenvalue weighted by Crippen LogP contribution is 2.38. The van der Waals surface area contributed by atoms with Gasteiger partial charge in [0, 0.05) is 0 Å². The highest BCUT2D eigenvalue weighted by Gasteiger charge is 2.46. The van der Waals surface area contributed by atoms with Crippen LogP contribution in [-0.2, 0) is 9.47 Å². The molecule has 0 unspecified atom stereocenters. The molecular weight excluding hydrogens is 270 g/mol. The molecule has 1 N–H and O–H groups in total. The third kappa shape index (κ3) is 3.47. The number of rotatable bonds is 1. The number of hydrogen-bond acceptors (Lipinski definition) is 4. The second kappa shape index (κ2) is 5.22. The number of carbonyl (C=O) groups excluding carboxylic acids is 1. The quantitative estimate of drug-likeness (QED) is 0.861. The maximum absolute atomic E-state index is 12.5. The highest BCUT2D eigenvalue weighted by molar-refractivity contribution is 5.70. The van der Waals surface area contributed by atoms with E-state index >= 15 is 0 Å². The van der Waals surface area contributed by atoms with E-state index in [1.54, 1.807) is 29.2 Å². The van der Waals surface area contributed by atoms with Crippen LogP contribution in [0, 0.1) is 0 Å². The Bertz CT molecular complexity index is 516. The molecule has 1 aliphatic heterocycles. The van der Waals surface area contributed by atoms with Gasteiger partial charge in [0.15, 0.2) is 0 Å². The summed E-state index contributed by atoms with van der Waals surface area (Å²) in [5.41, 5.74) is -0.385. The predicted molar refractivity (Wildman–Crippen MR) is 79.0 cm³/mol. The van der Waals surface area contributed by atoms with Crippen molar-refractivity contribution in [1.82, 2.24) is 4.90 Å². The Labute approximate surface area is 125 Å². The zero-order chi connectivity index (χ0) is 15.8. The fraction of sp³-hybridized carbons (Fsp3) is 0.562. The fourth-order valence-corrected chi connectivity index (χ4v) is 2.40. The molecule has 0 aromatic heterocycles. The first-order valence-electron chi connectivity index (χ1n) is 7.05. The van der Waals surface area contributed by atoms with Crippen molar-refractivity contribution in [3.8, 4) is 5.75 Å². The van der Waals surface area contributed by atoms with Crippen molar-refractivity contribution in [3.05, 3.63) is 29.8 Å². The van der Waals surface area contributed by atoms with E-state index in [4.69, 9.17) is 9.47 Å². The molecule has 0 aliphatic carbocycles. The van der Waals surface area contributed by atoms with Crippen LogP contribution in [-0.4, -0.2) is 34.0 Å². The lowest BCUT2D eigenvalue weighted by Crippen LogP contribution is -2.47. The van der Waals surface area contributed by atoms with Gasteiger partial charge in [0.2, 0.25) is 0 Å². The molecule has 1 saturated heterocycles. The van der Waals surface area contributed by atoms with Crippen molar-refractivity contribution in [1.29, 1.82) is 0 Å². The van der Waals surface area contributed by atoms with E-state index in [0.29, 0.717) is 6.61 Å². The standard InChI is InChI=1S/C16H23NO4/c1-15(2,3)21-14(19)17-13(10-20-16(17,4)5)11-6-8-12(18)9-7-11/h6-9,13,18H,10H2,1-5H3/t13-/m1/s1. The first-order chi connectivity index (χ1) is 9.60. The summed E-state index contributed by atoms with van der Waals surface area (Å²) in [6.07, 6.45) is -0.400. The molecule has 5 nitrogen and oxygen atoms in total. The van der Waals surface area contributed by atoms with Crippen LogP contribution in [0.5, 0.6) is 5.75 Å². The van der Waals surface area contributed by atoms with E-state index in [-0.39, 0.29) is 11.8 Å². The van der Waals surface area contributed by atoms with Crippen molar-refractivity contribution < 1.29 is 19.4 Å². The smallest absolute Gasteiger partial charge is 0.413 e. The predicted octanol–water partition coefficient (Wildman–Crippen LogP) is 3.44. The summed E-state index contributed by atoms with van der Waals surface area (Å²) in [7, 11) is 0. The second-order valence-electron chi connectivity index (χ2n) is 6.72. The molecule has 0 bridgehead atoms. The highest BCUT2D eigenvalue weighted by atomic mass is 16.6. The molecule has 2 rings (SSSR count). The number of nitrogens with zero attached hydrogens (tertiary/aromatic N) is 1. The van der Waals surface area contributed by atoms with E-state index in [1.807, 2.05) is 34.6 Å². The van der Waals surface area contributed by atoms with Crippen molar-refractivity contribution in [3.63, 3.8) is 0 Å². The van der Waals surface area contributed by atoms with Gasteiger partial charge in [-0.2, -0.15) is 0 Å². The molecule has 0 spiro atoms. The SMILES string of the molecule is CC(C)(C)OC(=O)N1[C@@H](c2ccc(O)cc2)COC1(C)C. The Morgan fingerprint density at radius 3 is 2.43 bits per heavy atom. The van der Waals surface area contributed by atoms with E-state index in [0.717, 1.165) is 5.56 Å². The summed E-state index contributed by atoms with van der Waals surface area (Å²) in [4.78, 5) is 14.1. The molecule has 1 atom stereocenters. The van der Waals surface area contributed by atoms with Crippen LogP contribution < -0.4 is 0 Å². The maximum atomic E-state index is 12.5. The van der Waals surface area contributed by atoms with Crippen LogP contribution >= 0.6 is 0 Å². The summed E-state index contributed by atoms with van der Waals surface area (Å²) >= 11 is 0. The van der Waals surface area contributed by atoms with E-state index in [2.05, 4.69) is 0 Å². The van der Waals surface area contributed by atoms with Gasteiger partial charge in [0.25, 0.3) is 0 Å². The number of benzene rings is 1. The molecule has 1 aromatic rings. The van der Waals surface area contributed by atoms with Crippen molar-refractivity contribution in [2.24, 2.45) is 0 Å². The van der Waals surface area contributed by atoms with Crippen LogP contribution in [0.1, 0.15) is 46.2 Å². The van der Waals surface area contributed by atoms with Gasteiger partial charge in [0.1, 0.15) is 17.1 Å². The molecule has 21 heavy (non-hydrogen) atoms. The summed E-state index contributed by atoms with van der Waals surface area (Å²) in [5.74, 6) is 0.195. The van der Waals surface area contributed by atoms with Crippen molar-refractivity contribution >= 4 is 6.09 Å². The molecule has 1 aromatic carbocycles. The lowest BCUT2D eigenvalue weighted by molar-refractivity contribution is -0.0626. The molecule has 116 valence electrons. The topological polar surface area (TPSA) is 59.0 Å². The average molecular weight is 293 g/mol. The largest absolute Gasteiger partial charge is 0.508 e. The number of ether oxygens (including phenoxy) is 2. The Morgan fingerprint density at radius 1 is 1.33 bits per heavy atom. The molecule has 0 saturated carbocycles. The van der Waals surface area contributed by atoms with Gasteiger partial charge in [-0.15, -0.1) is 0 Å². The van der Waals surface area contributed by atoms with Gasteiger partial charge in [-0.3, -0.25) is 4.90 Å². The van der Waals surface area contributed by atoms with Gasteiger partial charge >= 0.3 is 6.09 Å². The Morgan fingerprint density at radius 2 is 1.90 bits per heavy atom. The number of amides is 1. The number of phenols is 1. The molecule has 1 amide bonds. The van der Waals surface area contributed by atoms with E-state index in [1.165, 1.54) is 0 Å². The lowest BCUT2D eigenvalue weighted by Gasteiger charge is -2.35. The minimum atomic E-state index is -0.731.